The molecule has 3 atom stereocenters. The number of carboxylic acid groups (broad SMARTS) is 1. The van der Waals surface area contributed by atoms with E-state index in [9.17, 15) is 14.7 Å². The van der Waals surface area contributed by atoms with Crippen LogP contribution in [0.3, 0.4) is 0 Å². The number of aryl methyl sites for hydroxylation is 1. The summed E-state index contributed by atoms with van der Waals surface area (Å²) in [6.07, 6.45) is 1.35. The number of thioether (sulfide) groups is 1. The molecular weight excluding hydrogens is 561 g/mol. The molecule has 2 unspecified atom stereocenters. The summed E-state index contributed by atoms with van der Waals surface area (Å²) in [4.78, 5) is 35.8. The fourth-order valence-corrected chi connectivity index (χ4v) is 3.89. The molecule has 184 valence electrons. The summed E-state index contributed by atoms with van der Waals surface area (Å²) in [7, 11) is 0. The highest BCUT2D eigenvalue weighted by Crippen LogP contribution is 2.35. The Bertz CT molecular complexity index is 891. The van der Waals surface area contributed by atoms with Gasteiger partial charge in [-0.3, -0.25) is 4.99 Å². The third kappa shape index (κ3) is 7.12. The number of nitrogens with one attached hydrogen (secondary N) is 2. The number of aliphatic carboxylic acids is 1. The number of fused-ring (bicyclic) bond motifs is 1. The fraction of sp³-hybridized carbons (Fsp3) is 0.591. The molecule has 3 rings (SSSR count). The molecule has 1 aromatic rings. The average molecular weight is 593 g/mol. The van der Waals surface area contributed by atoms with Gasteiger partial charge in [0.2, 0.25) is 5.60 Å². The number of amidine groups is 1. The van der Waals surface area contributed by atoms with Crippen LogP contribution < -0.4 is 15.5 Å². The number of carbonyl (C=O) groups excluding carboxylic acids is 1. The molecule has 0 saturated carbocycles. The molecule has 0 aromatic heterocycles. The quantitative estimate of drug-likeness (QED) is 0.266. The van der Waals surface area contributed by atoms with E-state index in [1.165, 1.54) is 6.92 Å². The third-order valence-corrected chi connectivity index (χ3v) is 5.75. The number of carbonyl (C=O) groups is 2. The van der Waals surface area contributed by atoms with Crippen LogP contribution in [0.1, 0.15) is 51.3 Å². The van der Waals surface area contributed by atoms with Gasteiger partial charge in [-0.25, -0.2) is 14.4 Å². The van der Waals surface area contributed by atoms with Crippen LogP contribution in [0.25, 0.3) is 0 Å². The number of halogens is 1. The first-order chi connectivity index (χ1) is 15.5. The number of benzene rings is 1. The van der Waals surface area contributed by atoms with Crippen LogP contribution in [0, 0.1) is 0 Å². The number of carboxylic acids is 1. The summed E-state index contributed by atoms with van der Waals surface area (Å²) >= 11 is 3.73. The zero-order valence-electron chi connectivity index (χ0n) is 19.7. The zero-order valence-corrected chi connectivity index (χ0v) is 22.7. The minimum absolute atomic E-state index is 0.0520. The standard InChI is InChI=1S/C21H29N3O6S.CH3I/c1-20(2,3)29-19(27)24-30-21(4,17(25)26)16-9-7-13-10-12(6-8-15(13)28-16)14-11-22-18(23-14)31-5;1-2/h6,8,10,14,16H,7,9,11H2,1-5H3,(H,22,23)(H,24,27)(H,25,26);1H3/t14?,16-,21?;/m1./s1. The maximum atomic E-state index is 12.0. The molecular formula is C22H32IN3O6S. The number of hydrogen-bond acceptors (Lipinski definition) is 8. The van der Waals surface area contributed by atoms with E-state index >= 15 is 0 Å². The third-order valence-electron chi connectivity index (χ3n) is 5.11. The summed E-state index contributed by atoms with van der Waals surface area (Å²) in [5.74, 6) is -0.641. The highest BCUT2D eigenvalue weighted by atomic mass is 127. The number of ether oxygens (including phenoxy) is 2. The molecule has 9 nitrogen and oxygen atoms in total. The summed E-state index contributed by atoms with van der Waals surface area (Å²) in [5, 5.41) is 14.0. The van der Waals surface area contributed by atoms with Crippen molar-refractivity contribution in [2.24, 2.45) is 4.99 Å². The number of hydrogen-bond donors (Lipinski definition) is 3. The van der Waals surface area contributed by atoms with Crippen molar-refractivity contribution in [2.45, 2.75) is 63.9 Å². The molecule has 0 radical (unpaired) electrons. The van der Waals surface area contributed by atoms with E-state index in [0.717, 1.165) is 22.8 Å². The SMILES string of the molecule is CI.CSC1=NC(c2ccc3c(c2)CC[C@H](C(C)(ONC(=O)OC(C)(C)C)C(=O)O)O3)CN1. The lowest BCUT2D eigenvalue weighted by molar-refractivity contribution is -0.190. The highest BCUT2D eigenvalue weighted by molar-refractivity contribution is 14.1. The number of amides is 1. The Morgan fingerprint density at radius 3 is 2.58 bits per heavy atom. The van der Waals surface area contributed by atoms with Crippen molar-refractivity contribution in [1.82, 2.24) is 10.8 Å². The van der Waals surface area contributed by atoms with E-state index in [4.69, 9.17) is 14.3 Å². The molecule has 0 spiro atoms. The van der Waals surface area contributed by atoms with E-state index in [0.29, 0.717) is 18.6 Å². The summed E-state index contributed by atoms with van der Waals surface area (Å²) < 4.78 is 11.1. The van der Waals surface area contributed by atoms with E-state index in [1.807, 2.05) is 23.3 Å². The van der Waals surface area contributed by atoms with E-state index in [2.05, 4.69) is 44.4 Å². The van der Waals surface area contributed by atoms with Crippen LogP contribution in [0.4, 0.5) is 4.79 Å². The van der Waals surface area contributed by atoms with Gasteiger partial charge in [-0.15, -0.1) is 0 Å². The van der Waals surface area contributed by atoms with Crippen LogP contribution in [-0.4, -0.2) is 57.4 Å². The monoisotopic (exact) mass is 593 g/mol. The molecule has 2 heterocycles. The Balaban J connectivity index is 0.00000187. The Morgan fingerprint density at radius 1 is 1.30 bits per heavy atom. The van der Waals surface area contributed by atoms with Gasteiger partial charge in [-0.1, -0.05) is 40.4 Å². The molecule has 33 heavy (non-hydrogen) atoms. The van der Waals surface area contributed by atoms with Crippen molar-refractivity contribution >= 4 is 51.6 Å². The maximum Gasteiger partial charge on any atom is 0.431 e. The summed E-state index contributed by atoms with van der Waals surface area (Å²) in [6.45, 7) is 7.23. The van der Waals surface area contributed by atoms with Gasteiger partial charge < -0.3 is 19.9 Å². The molecule has 0 bridgehead atoms. The van der Waals surface area contributed by atoms with Crippen LogP contribution >= 0.6 is 34.4 Å². The predicted octanol–water partition coefficient (Wildman–Crippen LogP) is 4.09. The first kappa shape index (κ1) is 27.5. The lowest BCUT2D eigenvalue weighted by Gasteiger charge is -2.36. The molecule has 0 saturated heterocycles. The van der Waals surface area contributed by atoms with Gasteiger partial charge in [-0.2, -0.15) is 5.48 Å². The lowest BCUT2D eigenvalue weighted by atomic mass is 9.90. The molecule has 1 aromatic carbocycles. The van der Waals surface area contributed by atoms with Gasteiger partial charge in [0.25, 0.3) is 0 Å². The van der Waals surface area contributed by atoms with Gasteiger partial charge in [-0.05, 0) is 75.0 Å². The first-order valence-electron chi connectivity index (χ1n) is 10.4. The van der Waals surface area contributed by atoms with Crippen molar-refractivity contribution in [3.8, 4) is 5.75 Å². The number of alkyl halides is 1. The van der Waals surface area contributed by atoms with Crippen LogP contribution in [0.5, 0.6) is 5.75 Å². The second-order valence-corrected chi connectivity index (χ2v) is 9.46. The minimum Gasteiger partial charge on any atom is -0.486 e. The number of aliphatic imine (C=N–C) groups is 1. The predicted molar refractivity (Wildman–Crippen MR) is 137 cm³/mol. The van der Waals surface area contributed by atoms with Crippen molar-refractivity contribution in [1.29, 1.82) is 0 Å². The summed E-state index contributed by atoms with van der Waals surface area (Å²) in [6, 6.07) is 5.89. The Hall–Kier alpha value is -1.73. The second kappa shape index (κ2) is 11.6. The van der Waals surface area contributed by atoms with Gasteiger partial charge >= 0.3 is 12.1 Å². The van der Waals surface area contributed by atoms with Gasteiger partial charge in [0.15, 0.2) is 5.17 Å². The average Bonchev–Trinajstić information content (AvgIpc) is 3.26. The van der Waals surface area contributed by atoms with Gasteiger partial charge in [0, 0.05) is 6.54 Å². The first-order valence-corrected chi connectivity index (χ1v) is 13.8. The molecule has 11 heteroatoms. The molecule has 1 amide bonds. The normalized spacial score (nSPS) is 21.1. The lowest BCUT2D eigenvalue weighted by Crippen LogP contribution is -2.56. The smallest absolute Gasteiger partial charge is 0.431 e. The number of nitrogens with zero attached hydrogens (tertiary/aromatic N) is 1. The maximum absolute atomic E-state index is 12.0. The molecule has 3 N–H and O–H groups in total. The molecule has 0 aliphatic carbocycles. The van der Waals surface area contributed by atoms with Crippen LogP contribution in [-0.2, 0) is 20.8 Å². The van der Waals surface area contributed by atoms with Crippen molar-refractivity contribution in [3.63, 3.8) is 0 Å². The van der Waals surface area contributed by atoms with Crippen molar-refractivity contribution in [3.05, 3.63) is 29.3 Å². The minimum atomic E-state index is -1.79. The topological polar surface area (TPSA) is 118 Å². The molecule has 2 aliphatic heterocycles. The van der Waals surface area contributed by atoms with Crippen molar-refractivity contribution in [2.75, 3.05) is 17.7 Å². The highest BCUT2D eigenvalue weighted by Gasteiger charge is 2.47. The second-order valence-electron chi connectivity index (χ2n) is 8.67. The number of hydroxylamine groups is 1. The number of rotatable bonds is 5. The molecule has 0 fully saturated rings. The van der Waals surface area contributed by atoms with Crippen LogP contribution in [0.15, 0.2) is 23.2 Å². The Morgan fingerprint density at radius 2 is 2.00 bits per heavy atom. The van der Waals surface area contributed by atoms with Gasteiger partial charge in [0.05, 0.1) is 6.04 Å². The van der Waals surface area contributed by atoms with E-state index in [-0.39, 0.29) is 6.04 Å². The molecule has 2 aliphatic rings. The Labute approximate surface area is 212 Å². The summed E-state index contributed by atoms with van der Waals surface area (Å²) in [5.41, 5.74) is 1.64. The van der Waals surface area contributed by atoms with Gasteiger partial charge in [0.1, 0.15) is 17.5 Å². The van der Waals surface area contributed by atoms with E-state index < -0.39 is 29.4 Å². The van der Waals surface area contributed by atoms with E-state index in [1.54, 1.807) is 32.5 Å². The van der Waals surface area contributed by atoms with Crippen molar-refractivity contribution < 1.29 is 29.0 Å². The van der Waals surface area contributed by atoms with Crippen LogP contribution in [0.2, 0.25) is 0 Å². The Kier molecular flexibility index (Phi) is 9.68. The largest absolute Gasteiger partial charge is 0.486 e. The fourth-order valence-electron chi connectivity index (χ4n) is 3.43. The zero-order chi connectivity index (χ0) is 24.8.